The molecule has 0 spiro atoms. The van der Waals surface area contributed by atoms with Crippen molar-refractivity contribution in [2.45, 2.75) is 25.5 Å². The van der Waals surface area contributed by atoms with Crippen molar-refractivity contribution in [1.29, 1.82) is 0 Å². The Hall–Kier alpha value is -0.870. The van der Waals surface area contributed by atoms with Crippen LogP contribution in [0, 0.1) is 0 Å². The first kappa shape index (κ1) is 12.2. The molecule has 0 amide bonds. The summed E-state index contributed by atoms with van der Waals surface area (Å²) in [6.45, 7) is 0.588. The lowest BCUT2D eigenvalue weighted by Crippen LogP contribution is -2.19. The average Bonchev–Trinajstić information content (AvgIpc) is 2.91. The zero-order valence-corrected chi connectivity index (χ0v) is 11.4. The number of aryl methyl sites for hydroxylation is 1. The number of hydroxylamine groups is 1. The molecule has 1 aromatic carbocycles. The largest absolute Gasteiger partial charge is 0.296 e. The van der Waals surface area contributed by atoms with Gasteiger partial charge in [-0.15, -0.1) is 11.3 Å². The first-order chi connectivity index (χ1) is 8.83. The van der Waals surface area contributed by atoms with Gasteiger partial charge in [-0.1, -0.05) is 41.9 Å². The van der Waals surface area contributed by atoms with Crippen molar-refractivity contribution in [2.24, 2.45) is 0 Å². The second-order valence-corrected chi connectivity index (χ2v) is 6.18. The summed E-state index contributed by atoms with van der Waals surface area (Å²) in [5.74, 6) is 0. The number of halogens is 1. The fraction of sp³-hybridized carbons (Fsp3) is 0.286. The summed E-state index contributed by atoms with van der Waals surface area (Å²) in [4.78, 5) is 6.97. The van der Waals surface area contributed by atoms with Crippen LogP contribution in [-0.4, -0.2) is 0 Å². The number of benzene rings is 1. The molecule has 0 radical (unpaired) electrons. The molecule has 1 aliphatic carbocycles. The fourth-order valence-electron chi connectivity index (χ4n) is 2.25. The Kier molecular flexibility index (Phi) is 3.66. The van der Waals surface area contributed by atoms with Crippen LogP contribution in [-0.2, 0) is 17.9 Å². The average molecular weight is 280 g/mol. The third kappa shape index (κ3) is 2.59. The normalized spacial score (nSPS) is 17.9. The van der Waals surface area contributed by atoms with E-state index in [-0.39, 0.29) is 6.04 Å². The summed E-state index contributed by atoms with van der Waals surface area (Å²) < 4.78 is 0.870. The van der Waals surface area contributed by atoms with E-state index in [1.54, 1.807) is 11.3 Å². The van der Waals surface area contributed by atoms with Crippen LogP contribution >= 0.6 is 22.9 Å². The maximum Gasteiger partial charge on any atom is 0.0934 e. The topological polar surface area (TPSA) is 21.3 Å². The van der Waals surface area contributed by atoms with Crippen LogP contribution in [0.4, 0.5) is 0 Å². The summed E-state index contributed by atoms with van der Waals surface area (Å²) in [7, 11) is 0. The Morgan fingerprint density at radius 2 is 2.17 bits per heavy atom. The van der Waals surface area contributed by atoms with Gasteiger partial charge >= 0.3 is 0 Å². The minimum absolute atomic E-state index is 0.285. The van der Waals surface area contributed by atoms with Crippen LogP contribution in [0.25, 0.3) is 0 Å². The zero-order valence-electron chi connectivity index (χ0n) is 9.86. The Bertz CT molecular complexity index is 526. The molecule has 3 rings (SSSR count). The number of thiophene rings is 1. The minimum atomic E-state index is 0.285. The number of nitrogens with one attached hydrogen (secondary N) is 1. The predicted molar refractivity (Wildman–Crippen MR) is 74.8 cm³/mol. The molecule has 0 saturated heterocycles. The smallest absolute Gasteiger partial charge is 0.0934 e. The van der Waals surface area contributed by atoms with Crippen molar-refractivity contribution in [2.75, 3.05) is 0 Å². The molecule has 2 aromatic rings. The summed E-state index contributed by atoms with van der Waals surface area (Å²) in [5.41, 5.74) is 5.62. The predicted octanol–water partition coefficient (Wildman–Crippen LogP) is 4.11. The van der Waals surface area contributed by atoms with Gasteiger partial charge in [0.2, 0.25) is 0 Å². The van der Waals surface area contributed by atoms with E-state index in [1.165, 1.54) is 16.0 Å². The summed E-state index contributed by atoms with van der Waals surface area (Å²) in [6, 6.07) is 12.5. The van der Waals surface area contributed by atoms with Crippen LogP contribution < -0.4 is 5.48 Å². The van der Waals surface area contributed by atoms with Gasteiger partial charge in [-0.25, -0.2) is 0 Å². The molecule has 1 aliphatic rings. The molecular weight excluding hydrogens is 266 g/mol. The molecule has 0 saturated carbocycles. The third-order valence-corrected chi connectivity index (χ3v) is 4.49. The van der Waals surface area contributed by atoms with Gasteiger partial charge in [0, 0.05) is 4.88 Å². The maximum atomic E-state index is 6.02. The molecular formula is C14H14ClNOS. The molecule has 1 atom stereocenters. The van der Waals surface area contributed by atoms with E-state index >= 15 is 0 Å². The van der Waals surface area contributed by atoms with Crippen LogP contribution in [0.1, 0.15) is 28.5 Å². The highest BCUT2D eigenvalue weighted by Crippen LogP contribution is 2.39. The van der Waals surface area contributed by atoms with Crippen LogP contribution in [0.5, 0.6) is 0 Å². The van der Waals surface area contributed by atoms with Crippen LogP contribution in [0.2, 0.25) is 4.34 Å². The van der Waals surface area contributed by atoms with Crippen molar-refractivity contribution in [3.63, 3.8) is 0 Å². The number of fused-ring (bicyclic) bond motifs is 1. The second kappa shape index (κ2) is 5.41. The lowest BCUT2D eigenvalue weighted by Gasteiger charge is -2.12. The molecule has 1 unspecified atom stereocenters. The second-order valence-electron chi connectivity index (χ2n) is 4.41. The number of rotatable bonds is 4. The van der Waals surface area contributed by atoms with E-state index < -0.39 is 0 Å². The van der Waals surface area contributed by atoms with E-state index in [2.05, 4.69) is 23.7 Å². The summed E-state index contributed by atoms with van der Waals surface area (Å²) in [6.07, 6.45) is 2.19. The molecule has 94 valence electrons. The first-order valence-electron chi connectivity index (χ1n) is 6.02. The molecule has 4 heteroatoms. The number of hydrogen-bond donors (Lipinski definition) is 1. The van der Waals surface area contributed by atoms with Gasteiger partial charge < -0.3 is 0 Å². The first-order valence-corrected chi connectivity index (χ1v) is 7.22. The highest BCUT2D eigenvalue weighted by atomic mass is 35.5. The molecule has 1 N–H and O–H groups in total. The SMILES string of the molecule is Clc1cc2c(s1)CCC2NOCc1ccccc1. The molecule has 0 bridgehead atoms. The van der Waals surface area contributed by atoms with Crippen molar-refractivity contribution >= 4 is 22.9 Å². The van der Waals surface area contributed by atoms with E-state index in [1.807, 2.05) is 18.2 Å². The molecule has 0 fully saturated rings. The minimum Gasteiger partial charge on any atom is -0.296 e. The van der Waals surface area contributed by atoms with E-state index in [4.69, 9.17) is 16.4 Å². The zero-order chi connectivity index (χ0) is 12.4. The summed E-state index contributed by atoms with van der Waals surface area (Å²) in [5, 5.41) is 0. The van der Waals surface area contributed by atoms with Gasteiger partial charge in [0.05, 0.1) is 17.0 Å². The highest BCUT2D eigenvalue weighted by molar-refractivity contribution is 7.16. The lowest BCUT2D eigenvalue weighted by atomic mass is 10.2. The van der Waals surface area contributed by atoms with Crippen molar-refractivity contribution < 1.29 is 4.84 Å². The number of hydrogen-bond acceptors (Lipinski definition) is 3. The summed E-state index contributed by atoms with van der Waals surface area (Å²) >= 11 is 7.70. The van der Waals surface area contributed by atoms with E-state index in [0.717, 1.165) is 17.2 Å². The van der Waals surface area contributed by atoms with Crippen molar-refractivity contribution in [3.8, 4) is 0 Å². The van der Waals surface area contributed by atoms with Gasteiger partial charge in [-0.3, -0.25) is 4.84 Å². The standard InChI is InChI=1S/C14H14ClNOS/c15-14-8-11-12(6-7-13(11)18-14)16-17-9-10-4-2-1-3-5-10/h1-5,8,12,16H,6-7,9H2. The molecule has 2 nitrogen and oxygen atoms in total. The Morgan fingerprint density at radius 3 is 3.00 bits per heavy atom. The quantitative estimate of drug-likeness (QED) is 0.851. The fourth-order valence-corrected chi connectivity index (χ4v) is 3.61. The Balaban J connectivity index is 1.56. The Morgan fingerprint density at radius 1 is 1.33 bits per heavy atom. The lowest BCUT2D eigenvalue weighted by molar-refractivity contribution is 0.00334. The van der Waals surface area contributed by atoms with Crippen molar-refractivity contribution in [1.82, 2.24) is 5.48 Å². The molecule has 0 aliphatic heterocycles. The van der Waals surface area contributed by atoms with Gasteiger partial charge in [0.1, 0.15) is 0 Å². The van der Waals surface area contributed by atoms with Crippen LogP contribution in [0.15, 0.2) is 36.4 Å². The van der Waals surface area contributed by atoms with Crippen LogP contribution in [0.3, 0.4) is 0 Å². The molecule has 1 aromatic heterocycles. The van der Waals surface area contributed by atoms with E-state index in [0.29, 0.717) is 6.61 Å². The van der Waals surface area contributed by atoms with Gasteiger partial charge in [-0.2, -0.15) is 5.48 Å². The maximum absolute atomic E-state index is 6.02. The van der Waals surface area contributed by atoms with Gasteiger partial charge in [0.15, 0.2) is 0 Å². The molecule has 18 heavy (non-hydrogen) atoms. The van der Waals surface area contributed by atoms with Crippen molar-refractivity contribution in [3.05, 3.63) is 56.7 Å². The third-order valence-electron chi connectivity index (χ3n) is 3.15. The van der Waals surface area contributed by atoms with Gasteiger partial charge in [-0.05, 0) is 30.0 Å². The molecule has 1 heterocycles. The van der Waals surface area contributed by atoms with Gasteiger partial charge in [0.25, 0.3) is 0 Å². The van der Waals surface area contributed by atoms with E-state index in [9.17, 15) is 0 Å². The highest BCUT2D eigenvalue weighted by Gasteiger charge is 2.24. The monoisotopic (exact) mass is 279 g/mol. The Labute approximate surface area is 116 Å².